The van der Waals surface area contributed by atoms with Gasteiger partial charge in [-0.05, 0) is 37.1 Å². The predicted molar refractivity (Wildman–Crippen MR) is 76.8 cm³/mol. The van der Waals surface area contributed by atoms with Crippen molar-refractivity contribution in [3.05, 3.63) is 35.4 Å². The Morgan fingerprint density at radius 2 is 1.79 bits per heavy atom. The minimum atomic E-state index is 0.0545. The van der Waals surface area contributed by atoms with Gasteiger partial charge in [-0.1, -0.05) is 26.7 Å². The molecular weight excluding hydrogens is 236 g/mol. The van der Waals surface area contributed by atoms with Crippen LogP contribution in [0, 0.1) is 17.2 Å². The third-order valence-electron chi connectivity index (χ3n) is 3.56. The zero-order valence-electron chi connectivity index (χ0n) is 12.0. The van der Waals surface area contributed by atoms with E-state index in [-0.39, 0.29) is 5.91 Å². The molecule has 1 amide bonds. The first-order chi connectivity index (χ1) is 9.15. The molecule has 1 aromatic rings. The van der Waals surface area contributed by atoms with Crippen molar-refractivity contribution >= 4 is 5.91 Å². The van der Waals surface area contributed by atoms with Crippen LogP contribution in [0.5, 0.6) is 0 Å². The summed E-state index contributed by atoms with van der Waals surface area (Å²) in [6, 6.07) is 8.91. The summed E-state index contributed by atoms with van der Waals surface area (Å²) >= 11 is 0. The van der Waals surface area contributed by atoms with Crippen molar-refractivity contribution in [1.82, 2.24) is 4.90 Å². The summed E-state index contributed by atoms with van der Waals surface area (Å²) in [5.41, 5.74) is 1.24. The molecule has 0 saturated carbocycles. The smallest absolute Gasteiger partial charge is 0.253 e. The average molecular weight is 258 g/mol. The second-order valence-corrected chi connectivity index (χ2v) is 4.72. The number of amides is 1. The molecule has 0 radical (unpaired) electrons. The van der Waals surface area contributed by atoms with Crippen LogP contribution in [0.15, 0.2) is 24.3 Å². The summed E-state index contributed by atoms with van der Waals surface area (Å²) in [4.78, 5) is 14.3. The molecular formula is C16H22N2O. The Bertz CT molecular complexity index is 441. The van der Waals surface area contributed by atoms with Crippen LogP contribution in [0.25, 0.3) is 0 Å². The predicted octanol–water partition coefficient (Wildman–Crippen LogP) is 3.46. The van der Waals surface area contributed by atoms with E-state index < -0.39 is 0 Å². The minimum absolute atomic E-state index is 0.0545. The van der Waals surface area contributed by atoms with Crippen molar-refractivity contribution in [1.29, 1.82) is 5.26 Å². The van der Waals surface area contributed by atoms with Crippen molar-refractivity contribution in [2.45, 2.75) is 33.6 Å². The molecule has 102 valence electrons. The molecule has 0 aliphatic carbocycles. The lowest BCUT2D eigenvalue weighted by Crippen LogP contribution is -2.35. The summed E-state index contributed by atoms with van der Waals surface area (Å²) < 4.78 is 0. The first-order valence-corrected chi connectivity index (χ1v) is 6.95. The lowest BCUT2D eigenvalue weighted by Gasteiger charge is -2.25. The molecule has 0 aliphatic heterocycles. The van der Waals surface area contributed by atoms with Gasteiger partial charge >= 0.3 is 0 Å². The number of carbonyl (C=O) groups excluding carboxylic acids is 1. The van der Waals surface area contributed by atoms with E-state index in [2.05, 4.69) is 19.9 Å². The third-order valence-corrected chi connectivity index (χ3v) is 3.56. The number of hydrogen-bond acceptors (Lipinski definition) is 2. The largest absolute Gasteiger partial charge is 0.339 e. The van der Waals surface area contributed by atoms with Gasteiger partial charge in [-0.15, -0.1) is 0 Å². The highest BCUT2D eigenvalue weighted by Gasteiger charge is 2.17. The van der Waals surface area contributed by atoms with E-state index >= 15 is 0 Å². The van der Waals surface area contributed by atoms with Gasteiger partial charge in [0.15, 0.2) is 0 Å². The number of nitrogens with zero attached hydrogens (tertiary/aromatic N) is 2. The summed E-state index contributed by atoms with van der Waals surface area (Å²) in [5, 5.41) is 8.76. The van der Waals surface area contributed by atoms with Gasteiger partial charge in [0.2, 0.25) is 0 Å². The van der Waals surface area contributed by atoms with E-state index in [0.717, 1.165) is 25.9 Å². The average Bonchev–Trinajstić information content (AvgIpc) is 2.48. The van der Waals surface area contributed by atoms with E-state index in [1.54, 1.807) is 24.3 Å². The van der Waals surface area contributed by atoms with Crippen molar-refractivity contribution in [3.8, 4) is 6.07 Å². The number of carbonyl (C=O) groups is 1. The van der Waals surface area contributed by atoms with Crippen LogP contribution in [0.3, 0.4) is 0 Å². The SMILES string of the molecule is CCC(CC)CN(CC)C(=O)c1ccc(C#N)cc1. The van der Waals surface area contributed by atoms with Crippen molar-refractivity contribution in [2.75, 3.05) is 13.1 Å². The van der Waals surface area contributed by atoms with E-state index in [1.165, 1.54) is 0 Å². The van der Waals surface area contributed by atoms with Gasteiger partial charge in [-0.2, -0.15) is 5.26 Å². The van der Waals surface area contributed by atoms with Gasteiger partial charge in [0.05, 0.1) is 11.6 Å². The quantitative estimate of drug-likeness (QED) is 0.784. The summed E-state index contributed by atoms with van der Waals surface area (Å²) in [6.07, 6.45) is 2.18. The molecule has 0 heterocycles. The number of nitriles is 1. The number of rotatable bonds is 6. The summed E-state index contributed by atoms with van der Waals surface area (Å²) in [7, 11) is 0. The van der Waals surface area contributed by atoms with Crippen LogP contribution in [0.1, 0.15) is 49.5 Å². The molecule has 1 rings (SSSR count). The molecule has 0 bridgehead atoms. The van der Waals surface area contributed by atoms with Gasteiger partial charge in [0.25, 0.3) is 5.91 Å². The summed E-state index contributed by atoms with van der Waals surface area (Å²) in [5.74, 6) is 0.612. The molecule has 0 aromatic heterocycles. The highest BCUT2D eigenvalue weighted by molar-refractivity contribution is 5.94. The van der Waals surface area contributed by atoms with E-state index in [4.69, 9.17) is 5.26 Å². The Balaban J connectivity index is 2.80. The zero-order chi connectivity index (χ0) is 14.3. The van der Waals surface area contributed by atoms with Crippen LogP contribution in [0.2, 0.25) is 0 Å². The summed E-state index contributed by atoms with van der Waals surface area (Å²) in [6.45, 7) is 7.85. The van der Waals surface area contributed by atoms with E-state index in [9.17, 15) is 4.79 Å². The van der Waals surface area contributed by atoms with Gasteiger partial charge in [0, 0.05) is 18.7 Å². The molecule has 0 spiro atoms. The maximum Gasteiger partial charge on any atom is 0.253 e. The second kappa shape index (κ2) is 7.58. The fourth-order valence-electron chi connectivity index (χ4n) is 2.08. The highest BCUT2D eigenvalue weighted by Crippen LogP contribution is 2.13. The molecule has 3 heteroatoms. The van der Waals surface area contributed by atoms with Gasteiger partial charge in [-0.3, -0.25) is 4.79 Å². The third kappa shape index (κ3) is 4.10. The lowest BCUT2D eigenvalue weighted by atomic mass is 10.0. The fourth-order valence-corrected chi connectivity index (χ4v) is 2.08. The highest BCUT2D eigenvalue weighted by atomic mass is 16.2. The molecule has 0 aliphatic rings. The molecule has 0 atom stereocenters. The molecule has 0 N–H and O–H groups in total. The van der Waals surface area contributed by atoms with Crippen molar-refractivity contribution in [3.63, 3.8) is 0 Å². The van der Waals surface area contributed by atoms with Crippen LogP contribution in [-0.4, -0.2) is 23.9 Å². The fraction of sp³-hybridized carbons (Fsp3) is 0.500. The molecule has 0 unspecified atom stereocenters. The van der Waals surface area contributed by atoms with E-state index in [1.807, 2.05) is 11.8 Å². The Kier molecular flexibility index (Phi) is 6.08. The number of benzene rings is 1. The normalized spacial score (nSPS) is 10.3. The first-order valence-electron chi connectivity index (χ1n) is 6.95. The zero-order valence-corrected chi connectivity index (χ0v) is 12.0. The second-order valence-electron chi connectivity index (χ2n) is 4.72. The van der Waals surface area contributed by atoms with Crippen LogP contribution in [-0.2, 0) is 0 Å². The van der Waals surface area contributed by atoms with Crippen LogP contribution < -0.4 is 0 Å². The maximum atomic E-state index is 12.4. The van der Waals surface area contributed by atoms with Gasteiger partial charge < -0.3 is 4.90 Å². The molecule has 1 aromatic carbocycles. The minimum Gasteiger partial charge on any atom is -0.339 e. The van der Waals surface area contributed by atoms with Crippen LogP contribution in [0.4, 0.5) is 0 Å². The lowest BCUT2D eigenvalue weighted by molar-refractivity contribution is 0.0735. The van der Waals surface area contributed by atoms with Gasteiger partial charge in [0.1, 0.15) is 0 Å². The Labute approximate surface area is 115 Å². The van der Waals surface area contributed by atoms with Crippen LogP contribution >= 0.6 is 0 Å². The molecule has 0 saturated heterocycles. The molecule has 19 heavy (non-hydrogen) atoms. The molecule has 3 nitrogen and oxygen atoms in total. The molecule has 0 fully saturated rings. The Morgan fingerprint density at radius 3 is 2.21 bits per heavy atom. The maximum absolute atomic E-state index is 12.4. The Hall–Kier alpha value is -1.82. The monoisotopic (exact) mass is 258 g/mol. The Morgan fingerprint density at radius 1 is 1.21 bits per heavy atom. The van der Waals surface area contributed by atoms with E-state index in [0.29, 0.717) is 17.0 Å². The van der Waals surface area contributed by atoms with Gasteiger partial charge in [-0.25, -0.2) is 0 Å². The number of hydrogen-bond donors (Lipinski definition) is 0. The topological polar surface area (TPSA) is 44.1 Å². The van der Waals surface area contributed by atoms with Crippen molar-refractivity contribution < 1.29 is 4.79 Å². The first kappa shape index (κ1) is 15.2. The standard InChI is InChI=1S/C16H22N2O/c1-4-13(5-2)12-18(6-3)16(19)15-9-7-14(11-17)8-10-15/h7-10,13H,4-6,12H2,1-3H3. The van der Waals surface area contributed by atoms with Crippen molar-refractivity contribution in [2.24, 2.45) is 5.92 Å².